The van der Waals surface area contributed by atoms with Gasteiger partial charge < -0.3 is 24.4 Å². The van der Waals surface area contributed by atoms with Crippen LogP contribution in [-0.4, -0.2) is 65.4 Å². The van der Waals surface area contributed by atoms with Gasteiger partial charge >= 0.3 is 5.97 Å². The maximum absolute atomic E-state index is 13.6. The van der Waals surface area contributed by atoms with Crippen LogP contribution < -0.4 is 10.2 Å². The molecule has 3 heterocycles. The van der Waals surface area contributed by atoms with Crippen molar-refractivity contribution in [3.63, 3.8) is 0 Å². The van der Waals surface area contributed by atoms with Crippen LogP contribution in [0.3, 0.4) is 0 Å². The van der Waals surface area contributed by atoms with E-state index in [0.717, 1.165) is 47.2 Å². The SMILES string of the molecule is CCOC(=O)C1CCN(C(=O)C2CCC(NC(=O)c3cc4sccc4n3CC(=O)N(CC)c3cccc(C)c3)CC2)CC1. The number of nitrogens with one attached hydrogen (secondary N) is 1. The van der Waals surface area contributed by atoms with E-state index < -0.39 is 0 Å². The fraction of sp³-hybridized carbons (Fsp3) is 0.515. The molecule has 1 aromatic carbocycles. The van der Waals surface area contributed by atoms with Gasteiger partial charge in [-0.1, -0.05) is 12.1 Å². The van der Waals surface area contributed by atoms with Gasteiger partial charge in [-0.2, -0.15) is 0 Å². The van der Waals surface area contributed by atoms with E-state index >= 15 is 0 Å². The van der Waals surface area contributed by atoms with Crippen LogP contribution in [0, 0.1) is 18.8 Å². The summed E-state index contributed by atoms with van der Waals surface area (Å²) in [5, 5.41) is 5.17. The average Bonchev–Trinajstić information content (AvgIpc) is 3.60. The lowest BCUT2D eigenvalue weighted by molar-refractivity contribution is -0.152. The van der Waals surface area contributed by atoms with Crippen LogP contribution in [0.2, 0.25) is 0 Å². The number of aryl methyl sites for hydroxylation is 1. The number of likely N-dealkylation sites (tertiary alicyclic amines) is 1. The van der Waals surface area contributed by atoms with E-state index in [-0.39, 0.29) is 48.1 Å². The second kappa shape index (κ2) is 13.8. The number of fused-ring (bicyclic) bond motifs is 1. The molecule has 0 atom stereocenters. The zero-order chi connectivity index (χ0) is 30.5. The molecule has 1 saturated carbocycles. The lowest BCUT2D eigenvalue weighted by Crippen LogP contribution is -2.46. The zero-order valence-corrected chi connectivity index (χ0v) is 26.2. The fourth-order valence-electron chi connectivity index (χ4n) is 6.45. The third-order valence-electron chi connectivity index (χ3n) is 8.82. The molecule has 0 bridgehead atoms. The Bertz CT molecular complexity index is 1460. The fourth-order valence-corrected chi connectivity index (χ4v) is 7.28. The molecule has 2 aromatic heterocycles. The van der Waals surface area contributed by atoms with Crippen molar-refractivity contribution in [2.75, 3.05) is 31.1 Å². The first-order valence-electron chi connectivity index (χ1n) is 15.5. The average molecular weight is 607 g/mol. The number of aromatic nitrogens is 1. The van der Waals surface area contributed by atoms with Crippen LogP contribution in [0.15, 0.2) is 41.8 Å². The molecule has 2 fully saturated rings. The first-order chi connectivity index (χ1) is 20.8. The van der Waals surface area contributed by atoms with Crippen molar-refractivity contribution in [1.82, 2.24) is 14.8 Å². The molecule has 10 heteroatoms. The highest BCUT2D eigenvalue weighted by molar-refractivity contribution is 7.17. The molecular formula is C33H42N4O5S. The Hall–Kier alpha value is -3.66. The predicted octanol–water partition coefficient (Wildman–Crippen LogP) is 5.15. The summed E-state index contributed by atoms with van der Waals surface area (Å²) in [6.07, 6.45) is 4.20. The number of esters is 1. The number of ether oxygens (including phenoxy) is 1. The largest absolute Gasteiger partial charge is 0.466 e. The molecule has 1 N–H and O–H groups in total. The molecule has 1 aliphatic carbocycles. The van der Waals surface area contributed by atoms with Crippen molar-refractivity contribution in [2.24, 2.45) is 11.8 Å². The monoisotopic (exact) mass is 606 g/mol. The van der Waals surface area contributed by atoms with Crippen molar-refractivity contribution in [2.45, 2.75) is 71.9 Å². The molecule has 5 rings (SSSR count). The smallest absolute Gasteiger partial charge is 0.309 e. The highest BCUT2D eigenvalue weighted by Gasteiger charge is 2.34. The van der Waals surface area contributed by atoms with E-state index in [0.29, 0.717) is 44.8 Å². The minimum atomic E-state index is -0.189. The topological polar surface area (TPSA) is 101 Å². The summed E-state index contributed by atoms with van der Waals surface area (Å²) in [6.45, 7) is 7.93. The van der Waals surface area contributed by atoms with Crippen molar-refractivity contribution in [1.29, 1.82) is 0 Å². The normalized spacial score (nSPS) is 19.3. The van der Waals surface area contributed by atoms with E-state index in [1.807, 2.05) is 72.0 Å². The van der Waals surface area contributed by atoms with Crippen LogP contribution in [0.4, 0.5) is 5.69 Å². The van der Waals surface area contributed by atoms with Gasteiger partial charge in [0.1, 0.15) is 12.2 Å². The van der Waals surface area contributed by atoms with Crippen LogP contribution in [0.1, 0.15) is 68.4 Å². The zero-order valence-electron chi connectivity index (χ0n) is 25.3. The van der Waals surface area contributed by atoms with Crippen molar-refractivity contribution < 1.29 is 23.9 Å². The van der Waals surface area contributed by atoms with Gasteiger partial charge in [0, 0.05) is 37.3 Å². The first kappa shape index (κ1) is 30.8. The summed E-state index contributed by atoms with van der Waals surface area (Å²) in [5.41, 5.74) is 3.30. The van der Waals surface area contributed by atoms with Gasteiger partial charge in [-0.05, 0) is 94.5 Å². The van der Waals surface area contributed by atoms with Gasteiger partial charge in [0.2, 0.25) is 11.8 Å². The minimum Gasteiger partial charge on any atom is -0.466 e. The molecule has 1 aliphatic heterocycles. The molecule has 43 heavy (non-hydrogen) atoms. The Morgan fingerprint density at radius 1 is 0.977 bits per heavy atom. The Labute approximate surface area is 257 Å². The standard InChI is InChI=1S/C33H42N4O5S/c1-4-36(26-8-6-7-22(3)19-26)30(38)21-37-27-15-18-43-29(27)20-28(37)31(39)34-25-11-9-23(10-12-25)32(40)35-16-13-24(14-17-35)33(41)42-5-2/h6-8,15,18-20,23-25H,4-5,9-14,16-17,21H2,1-3H3,(H,34,39). The van der Waals surface area contributed by atoms with Crippen molar-refractivity contribution >= 4 is 50.9 Å². The number of hydrogen-bond donors (Lipinski definition) is 1. The third-order valence-corrected chi connectivity index (χ3v) is 9.67. The van der Waals surface area contributed by atoms with Gasteiger partial charge in [0.25, 0.3) is 5.91 Å². The lowest BCUT2D eigenvalue weighted by Gasteiger charge is -2.35. The number of thiophene rings is 1. The number of amides is 3. The summed E-state index contributed by atoms with van der Waals surface area (Å²) in [5.74, 6) is -0.432. The van der Waals surface area contributed by atoms with Gasteiger partial charge in [-0.15, -0.1) is 11.3 Å². The number of rotatable bonds is 9. The van der Waals surface area contributed by atoms with E-state index in [1.54, 1.807) is 16.2 Å². The quantitative estimate of drug-likeness (QED) is 0.340. The molecule has 0 spiro atoms. The second-order valence-electron chi connectivity index (χ2n) is 11.6. The van der Waals surface area contributed by atoms with Crippen molar-refractivity contribution in [3.05, 3.63) is 53.0 Å². The Morgan fingerprint density at radius 2 is 1.72 bits per heavy atom. The molecule has 0 unspecified atom stereocenters. The predicted molar refractivity (Wildman–Crippen MR) is 168 cm³/mol. The van der Waals surface area contributed by atoms with Crippen LogP contribution in [0.25, 0.3) is 10.2 Å². The summed E-state index contributed by atoms with van der Waals surface area (Å²) < 4.78 is 7.95. The first-order valence-corrected chi connectivity index (χ1v) is 16.4. The summed E-state index contributed by atoms with van der Waals surface area (Å²) in [4.78, 5) is 56.0. The summed E-state index contributed by atoms with van der Waals surface area (Å²) >= 11 is 1.55. The van der Waals surface area contributed by atoms with Crippen LogP contribution in [0.5, 0.6) is 0 Å². The Kier molecular flexibility index (Phi) is 9.85. The molecule has 0 radical (unpaired) electrons. The number of piperidine rings is 1. The number of hydrogen-bond acceptors (Lipinski definition) is 6. The molecule has 3 aromatic rings. The molecule has 9 nitrogen and oxygen atoms in total. The van der Waals surface area contributed by atoms with Crippen LogP contribution >= 0.6 is 11.3 Å². The summed E-state index contributed by atoms with van der Waals surface area (Å²) in [7, 11) is 0. The number of carbonyl (C=O) groups is 4. The highest BCUT2D eigenvalue weighted by Crippen LogP contribution is 2.30. The van der Waals surface area contributed by atoms with E-state index in [2.05, 4.69) is 5.32 Å². The number of likely N-dealkylation sites (N-methyl/N-ethyl adjacent to an activating group) is 1. The third kappa shape index (κ3) is 6.95. The molecule has 3 amide bonds. The molecule has 1 saturated heterocycles. The van der Waals surface area contributed by atoms with Gasteiger partial charge in [-0.25, -0.2) is 0 Å². The number of nitrogens with zero attached hydrogens (tertiary/aromatic N) is 3. The Morgan fingerprint density at radius 3 is 2.40 bits per heavy atom. The van der Waals surface area contributed by atoms with Crippen LogP contribution in [-0.2, 0) is 25.7 Å². The van der Waals surface area contributed by atoms with E-state index in [9.17, 15) is 19.2 Å². The number of anilines is 1. The highest BCUT2D eigenvalue weighted by atomic mass is 32.1. The number of benzene rings is 1. The van der Waals surface area contributed by atoms with Gasteiger partial charge in [0.05, 0.1) is 22.7 Å². The minimum absolute atomic E-state index is 0.0254. The molecular weight excluding hydrogens is 564 g/mol. The Balaban J connectivity index is 1.18. The summed E-state index contributed by atoms with van der Waals surface area (Å²) in [6, 6.07) is 11.7. The maximum atomic E-state index is 13.6. The molecule has 230 valence electrons. The van der Waals surface area contributed by atoms with Crippen molar-refractivity contribution in [3.8, 4) is 0 Å². The second-order valence-corrected chi connectivity index (χ2v) is 12.6. The number of carbonyl (C=O) groups excluding carboxylic acids is 4. The van der Waals surface area contributed by atoms with Gasteiger partial charge in [-0.3, -0.25) is 19.2 Å². The van der Waals surface area contributed by atoms with E-state index in [1.165, 1.54) is 0 Å². The maximum Gasteiger partial charge on any atom is 0.309 e. The van der Waals surface area contributed by atoms with Gasteiger partial charge in [0.15, 0.2) is 0 Å². The van der Waals surface area contributed by atoms with E-state index in [4.69, 9.17) is 4.74 Å². The lowest BCUT2D eigenvalue weighted by atomic mass is 9.84. The molecule has 2 aliphatic rings.